The van der Waals surface area contributed by atoms with Crippen LogP contribution in [0.3, 0.4) is 0 Å². The highest BCUT2D eigenvalue weighted by Gasteiger charge is 2.47. The van der Waals surface area contributed by atoms with Gasteiger partial charge in [-0.15, -0.1) is 0 Å². The number of aliphatic carboxylic acids is 1. The average Bonchev–Trinajstić information content (AvgIpc) is 3.26. The SMILES string of the molecule is Nc1ncnc2c1ncn2[C@@H]1O[C@H](COP(=O)(O)O)[C@@H](NC(=O)[C@@H](N)CCC(=O)O)[C@H]1O. The van der Waals surface area contributed by atoms with Crippen LogP contribution in [0.5, 0.6) is 0 Å². The van der Waals surface area contributed by atoms with Gasteiger partial charge in [-0.05, 0) is 6.42 Å². The van der Waals surface area contributed by atoms with Crippen molar-refractivity contribution < 1.29 is 43.4 Å². The summed E-state index contributed by atoms with van der Waals surface area (Å²) in [6.07, 6.45) is -1.94. The number of carboxylic acid groups (broad SMARTS) is 1. The first-order valence-corrected chi connectivity index (χ1v) is 10.8. The highest BCUT2D eigenvalue weighted by atomic mass is 31.2. The first-order valence-electron chi connectivity index (χ1n) is 9.22. The van der Waals surface area contributed by atoms with Gasteiger partial charge >= 0.3 is 13.8 Å². The van der Waals surface area contributed by atoms with Crippen LogP contribution in [0, 0.1) is 0 Å². The van der Waals surface area contributed by atoms with E-state index in [1.54, 1.807) is 0 Å². The summed E-state index contributed by atoms with van der Waals surface area (Å²) in [5, 5.41) is 22.0. The van der Waals surface area contributed by atoms with Crippen molar-refractivity contribution in [2.24, 2.45) is 5.73 Å². The van der Waals surface area contributed by atoms with Crippen LogP contribution in [0.2, 0.25) is 0 Å². The average molecular weight is 475 g/mol. The Labute approximate surface area is 179 Å². The Morgan fingerprint density at radius 2 is 2.06 bits per heavy atom. The number of anilines is 1. The number of rotatable bonds is 9. The highest BCUT2D eigenvalue weighted by molar-refractivity contribution is 7.46. The maximum Gasteiger partial charge on any atom is 0.469 e. The largest absolute Gasteiger partial charge is 0.481 e. The van der Waals surface area contributed by atoms with Crippen LogP contribution >= 0.6 is 7.82 Å². The summed E-state index contributed by atoms with van der Waals surface area (Å²) in [4.78, 5) is 53.0. The number of nitrogen functional groups attached to an aromatic ring is 1. The van der Waals surface area contributed by atoms with Gasteiger partial charge in [-0.2, -0.15) is 0 Å². The standard InChI is InChI=1S/C15H22N7O9P/c16-6(1-2-8(23)24)14(26)21-9-7(3-30-32(27,28)29)31-15(11(9)25)22-5-20-10-12(17)18-4-19-13(10)22/h4-7,9,11,15,25H,1-3,16H2,(H,21,26)(H,23,24)(H2,17,18,19)(H2,27,28,29)/t6-,7+,9+,11+,15+/m0/s1. The molecule has 17 heteroatoms. The van der Waals surface area contributed by atoms with Crippen molar-refractivity contribution in [3.05, 3.63) is 12.7 Å². The molecular weight excluding hydrogens is 453 g/mol. The zero-order valence-electron chi connectivity index (χ0n) is 16.4. The second-order valence-electron chi connectivity index (χ2n) is 7.00. The Morgan fingerprint density at radius 3 is 2.72 bits per heavy atom. The van der Waals surface area contributed by atoms with E-state index in [0.717, 1.165) is 0 Å². The Morgan fingerprint density at radius 1 is 1.34 bits per heavy atom. The second kappa shape index (κ2) is 9.41. The van der Waals surface area contributed by atoms with Crippen LogP contribution in [0.25, 0.3) is 11.2 Å². The molecule has 1 saturated heterocycles. The summed E-state index contributed by atoms with van der Waals surface area (Å²) in [6.45, 7) is -0.684. The number of fused-ring (bicyclic) bond motifs is 1. The molecule has 1 amide bonds. The molecule has 176 valence electrons. The number of hydrogen-bond acceptors (Lipinski definition) is 11. The molecule has 1 aliphatic heterocycles. The fraction of sp³-hybridized carbons (Fsp3) is 0.533. The highest BCUT2D eigenvalue weighted by Crippen LogP contribution is 2.39. The monoisotopic (exact) mass is 475 g/mol. The van der Waals surface area contributed by atoms with Crippen LogP contribution in [-0.2, 0) is 23.4 Å². The minimum atomic E-state index is -4.89. The number of aliphatic hydroxyl groups is 1. The maximum atomic E-state index is 12.4. The third-order valence-corrected chi connectivity index (χ3v) is 5.24. The second-order valence-corrected chi connectivity index (χ2v) is 8.24. The van der Waals surface area contributed by atoms with Gasteiger partial charge in [0.15, 0.2) is 17.7 Å². The molecule has 32 heavy (non-hydrogen) atoms. The predicted molar refractivity (Wildman–Crippen MR) is 104 cm³/mol. The molecule has 0 spiro atoms. The molecule has 9 N–H and O–H groups in total. The fourth-order valence-corrected chi connectivity index (χ4v) is 3.54. The van der Waals surface area contributed by atoms with Crippen LogP contribution in [0.4, 0.5) is 5.82 Å². The molecule has 0 bridgehead atoms. The zero-order chi connectivity index (χ0) is 23.6. The minimum absolute atomic E-state index is 0.0804. The third-order valence-electron chi connectivity index (χ3n) is 4.76. The summed E-state index contributed by atoms with van der Waals surface area (Å²) in [5.41, 5.74) is 11.9. The molecule has 0 saturated carbocycles. The number of aromatic nitrogens is 4. The van der Waals surface area contributed by atoms with E-state index in [1.165, 1.54) is 17.2 Å². The molecule has 0 radical (unpaired) electrons. The molecular formula is C15H22N7O9P. The summed E-state index contributed by atoms with van der Waals surface area (Å²) in [7, 11) is -4.89. The number of carbonyl (C=O) groups excluding carboxylic acids is 1. The van der Waals surface area contributed by atoms with Gasteiger partial charge in [0.05, 0.1) is 25.0 Å². The first-order chi connectivity index (χ1) is 15.0. The van der Waals surface area contributed by atoms with Gasteiger partial charge in [0.25, 0.3) is 0 Å². The van der Waals surface area contributed by atoms with Crippen LogP contribution in [-0.4, -0.2) is 82.3 Å². The summed E-state index contributed by atoms with van der Waals surface area (Å²) < 4.78 is 22.6. The first kappa shape index (κ1) is 23.9. The number of nitrogens with one attached hydrogen (secondary N) is 1. The Balaban J connectivity index is 1.83. The quantitative estimate of drug-likeness (QED) is 0.184. The number of ether oxygens (including phenoxy) is 1. The van der Waals surface area contributed by atoms with E-state index in [9.17, 15) is 19.3 Å². The zero-order valence-corrected chi connectivity index (χ0v) is 17.3. The van der Waals surface area contributed by atoms with Crippen molar-refractivity contribution in [1.82, 2.24) is 24.8 Å². The van der Waals surface area contributed by atoms with Gasteiger partial charge in [0.2, 0.25) is 5.91 Å². The number of phosphoric ester groups is 1. The number of aliphatic hydroxyl groups excluding tert-OH is 1. The molecule has 16 nitrogen and oxygen atoms in total. The smallest absolute Gasteiger partial charge is 0.469 e. The van der Waals surface area contributed by atoms with E-state index in [2.05, 4.69) is 24.8 Å². The molecule has 0 aromatic carbocycles. The topological polar surface area (TPSA) is 258 Å². The van der Waals surface area contributed by atoms with Crippen LogP contribution < -0.4 is 16.8 Å². The molecule has 1 fully saturated rings. The van der Waals surface area contributed by atoms with E-state index < -0.39 is 56.8 Å². The Hall–Kier alpha value is -2.72. The molecule has 2 aromatic heterocycles. The van der Waals surface area contributed by atoms with Crippen molar-refractivity contribution in [2.45, 2.75) is 43.4 Å². The van der Waals surface area contributed by atoms with Crippen molar-refractivity contribution in [3.8, 4) is 0 Å². The molecule has 0 unspecified atom stereocenters. The van der Waals surface area contributed by atoms with Crippen molar-refractivity contribution in [1.29, 1.82) is 0 Å². The number of phosphoric acid groups is 1. The Kier molecular flexibility index (Phi) is 7.04. The Bertz CT molecular complexity index is 1040. The predicted octanol–water partition coefficient (Wildman–Crippen LogP) is -2.55. The van der Waals surface area contributed by atoms with Crippen molar-refractivity contribution >= 4 is 36.7 Å². The van der Waals surface area contributed by atoms with Crippen LogP contribution in [0.15, 0.2) is 12.7 Å². The lowest BCUT2D eigenvalue weighted by Gasteiger charge is -2.23. The summed E-state index contributed by atoms with van der Waals surface area (Å²) in [6, 6.07) is -2.42. The lowest BCUT2D eigenvalue weighted by molar-refractivity contribution is -0.137. The summed E-state index contributed by atoms with van der Waals surface area (Å²) >= 11 is 0. The lowest BCUT2D eigenvalue weighted by Crippen LogP contribution is -2.53. The number of hydrogen-bond donors (Lipinski definition) is 7. The van der Waals surface area contributed by atoms with Gasteiger partial charge < -0.3 is 41.5 Å². The molecule has 3 rings (SSSR count). The van der Waals surface area contributed by atoms with Gasteiger partial charge in [-0.1, -0.05) is 0 Å². The lowest BCUT2D eigenvalue weighted by atomic mass is 10.1. The number of carbonyl (C=O) groups is 2. The van der Waals surface area contributed by atoms with Gasteiger partial charge in [-0.3, -0.25) is 18.7 Å². The van der Waals surface area contributed by atoms with Gasteiger partial charge in [0.1, 0.15) is 24.1 Å². The molecule has 0 aliphatic carbocycles. The number of amides is 1. The molecule has 3 heterocycles. The third kappa shape index (κ3) is 5.36. The molecule has 2 aromatic rings. The number of nitrogens with two attached hydrogens (primary N) is 2. The van der Waals surface area contributed by atoms with E-state index in [-0.39, 0.29) is 29.8 Å². The van der Waals surface area contributed by atoms with E-state index in [1.807, 2.05) is 0 Å². The number of nitrogens with zero attached hydrogens (tertiary/aromatic N) is 4. The van der Waals surface area contributed by atoms with E-state index in [4.69, 9.17) is 31.1 Å². The summed E-state index contributed by atoms with van der Waals surface area (Å²) in [5.74, 6) is -1.85. The normalized spacial score (nSPS) is 24.5. The molecule has 1 aliphatic rings. The number of carboxylic acids is 1. The molecule has 5 atom stereocenters. The fourth-order valence-electron chi connectivity index (χ4n) is 3.20. The van der Waals surface area contributed by atoms with Crippen molar-refractivity contribution in [2.75, 3.05) is 12.3 Å². The van der Waals surface area contributed by atoms with Gasteiger partial charge in [0, 0.05) is 6.42 Å². The van der Waals surface area contributed by atoms with Crippen LogP contribution in [0.1, 0.15) is 19.1 Å². The van der Waals surface area contributed by atoms with Crippen molar-refractivity contribution in [3.63, 3.8) is 0 Å². The maximum absolute atomic E-state index is 12.4. The van der Waals surface area contributed by atoms with E-state index in [0.29, 0.717) is 0 Å². The van der Waals surface area contributed by atoms with E-state index >= 15 is 0 Å². The number of imidazole rings is 1. The van der Waals surface area contributed by atoms with Gasteiger partial charge in [-0.25, -0.2) is 19.5 Å². The minimum Gasteiger partial charge on any atom is -0.481 e.